The molecule has 10 nitrogen and oxygen atoms in total. The summed E-state index contributed by atoms with van der Waals surface area (Å²) < 4.78 is 26.2. The molecule has 11 heteroatoms. The van der Waals surface area contributed by atoms with E-state index in [1.807, 2.05) is 0 Å². The van der Waals surface area contributed by atoms with Gasteiger partial charge in [-0.15, -0.1) is 0 Å². The Labute approximate surface area is 147 Å². The number of sulfonamides is 1. The Morgan fingerprint density at radius 3 is 2.23 bits per heavy atom. The lowest BCUT2D eigenvalue weighted by Gasteiger charge is -2.09. The third-order valence-electron chi connectivity index (χ3n) is 3.39. The lowest BCUT2D eigenvalue weighted by Crippen LogP contribution is -2.31. The van der Waals surface area contributed by atoms with E-state index in [-0.39, 0.29) is 11.4 Å². The molecule has 4 N–H and O–H groups in total. The monoisotopic (exact) mass is 379 g/mol. The third kappa shape index (κ3) is 4.02. The van der Waals surface area contributed by atoms with Crippen LogP contribution in [0, 0.1) is 10.1 Å². The average molecular weight is 379 g/mol. The maximum Gasteiger partial charge on any atom is 0.336 e. The zero-order valence-corrected chi connectivity index (χ0v) is 13.9. The number of carbonyl (C=O) groups excluding carboxylic acids is 1. The predicted octanol–water partition coefficient (Wildman–Crippen LogP) is 0.870. The van der Waals surface area contributed by atoms with E-state index in [0.717, 1.165) is 12.1 Å². The van der Waals surface area contributed by atoms with Gasteiger partial charge in [0.15, 0.2) is 0 Å². The first-order valence-corrected chi connectivity index (χ1v) is 8.52. The molecule has 26 heavy (non-hydrogen) atoms. The standard InChI is InChI=1S/C15H13N3O7S/c16-8-9-1-4-11(5-2-9)26(24,25)17-14(19)12-6-3-10(18(22)23)7-13(12)15(20)21/h1-7H,8,16H2,(H,17,19)(H,20,21). The van der Waals surface area contributed by atoms with Crippen LogP contribution < -0.4 is 10.5 Å². The summed E-state index contributed by atoms with van der Waals surface area (Å²) >= 11 is 0. The molecule has 2 aromatic carbocycles. The van der Waals surface area contributed by atoms with Gasteiger partial charge in [-0.1, -0.05) is 12.1 Å². The van der Waals surface area contributed by atoms with E-state index in [1.54, 1.807) is 4.72 Å². The molecule has 2 rings (SSSR count). The molecular formula is C15H13N3O7S. The Hall–Kier alpha value is -3.31. The number of rotatable bonds is 6. The fourth-order valence-electron chi connectivity index (χ4n) is 2.06. The molecule has 0 fully saturated rings. The van der Waals surface area contributed by atoms with Crippen LogP contribution in [-0.2, 0) is 16.6 Å². The lowest BCUT2D eigenvalue weighted by atomic mass is 10.1. The highest BCUT2D eigenvalue weighted by molar-refractivity contribution is 7.90. The van der Waals surface area contributed by atoms with Crippen molar-refractivity contribution in [2.24, 2.45) is 5.73 Å². The first kappa shape index (κ1) is 19.0. The number of carboxylic acid groups (broad SMARTS) is 1. The molecule has 0 atom stereocenters. The topological polar surface area (TPSA) is 170 Å². The number of nitro benzene ring substituents is 1. The van der Waals surface area contributed by atoms with Crippen LogP contribution in [-0.4, -0.2) is 30.3 Å². The fraction of sp³-hybridized carbons (Fsp3) is 0.0667. The van der Waals surface area contributed by atoms with Crippen molar-refractivity contribution in [3.05, 3.63) is 69.3 Å². The number of carbonyl (C=O) groups is 2. The summed E-state index contributed by atoms with van der Waals surface area (Å²) in [4.78, 5) is 33.1. The van der Waals surface area contributed by atoms with Crippen LogP contribution in [0.5, 0.6) is 0 Å². The molecule has 0 bridgehead atoms. The van der Waals surface area contributed by atoms with E-state index in [1.165, 1.54) is 24.3 Å². The lowest BCUT2D eigenvalue weighted by molar-refractivity contribution is -0.384. The van der Waals surface area contributed by atoms with E-state index < -0.39 is 43.6 Å². The zero-order chi connectivity index (χ0) is 19.5. The van der Waals surface area contributed by atoms with Gasteiger partial charge in [-0.25, -0.2) is 17.9 Å². The van der Waals surface area contributed by atoms with Gasteiger partial charge in [0.1, 0.15) is 0 Å². The van der Waals surface area contributed by atoms with Crippen LogP contribution in [0.15, 0.2) is 47.4 Å². The molecule has 0 heterocycles. The number of hydrogen-bond acceptors (Lipinski definition) is 7. The Kier molecular flexibility index (Phi) is 5.33. The second-order valence-electron chi connectivity index (χ2n) is 5.07. The molecule has 2 aromatic rings. The predicted molar refractivity (Wildman–Crippen MR) is 89.0 cm³/mol. The van der Waals surface area contributed by atoms with Crippen LogP contribution in [0.25, 0.3) is 0 Å². The second kappa shape index (κ2) is 7.29. The van der Waals surface area contributed by atoms with Gasteiger partial charge in [0.25, 0.3) is 21.6 Å². The molecule has 0 unspecified atom stereocenters. The van der Waals surface area contributed by atoms with Gasteiger partial charge in [-0.05, 0) is 23.8 Å². The van der Waals surface area contributed by atoms with E-state index >= 15 is 0 Å². The summed E-state index contributed by atoms with van der Waals surface area (Å²) in [5.41, 5.74) is 4.35. The number of nitrogens with two attached hydrogens (primary N) is 1. The van der Waals surface area contributed by atoms with E-state index in [4.69, 9.17) is 10.8 Å². The number of carboxylic acids is 1. The first-order chi connectivity index (χ1) is 12.2. The maximum absolute atomic E-state index is 12.3. The number of hydrogen-bond donors (Lipinski definition) is 3. The van der Waals surface area contributed by atoms with Crippen LogP contribution in [0.2, 0.25) is 0 Å². The number of nitro groups is 1. The Morgan fingerprint density at radius 1 is 1.12 bits per heavy atom. The maximum atomic E-state index is 12.3. The summed E-state index contributed by atoms with van der Waals surface area (Å²) in [5.74, 6) is -2.83. The summed E-state index contributed by atoms with van der Waals surface area (Å²) in [6.45, 7) is 0.206. The molecule has 0 aliphatic rings. The molecule has 0 aliphatic heterocycles. The zero-order valence-electron chi connectivity index (χ0n) is 13.1. The minimum Gasteiger partial charge on any atom is -0.478 e. The van der Waals surface area contributed by atoms with E-state index in [2.05, 4.69) is 0 Å². The van der Waals surface area contributed by atoms with E-state index in [9.17, 15) is 28.1 Å². The Morgan fingerprint density at radius 2 is 1.73 bits per heavy atom. The van der Waals surface area contributed by atoms with Crippen molar-refractivity contribution in [1.82, 2.24) is 4.72 Å². The Balaban J connectivity index is 2.36. The molecule has 0 saturated heterocycles. The largest absolute Gasteiger partial charge is 0.478 e. The van der Waals surface area contributed by atoms with Crippen LogP contribution in [0.1, 0.15) is 26.3 Å². The summed E-state index contributed by atoms with van der Waals surface area (Å²) in [5, 5.41) is 19.9. The first-order valence-electron chi connectivity index (χ1n) is 7.03. The minimum atomic E-state index is -4.27. The smallest absolute Gasteiger partial charge is 0.336 e. The molecule has 0 aliphatic carbocycles. The quantitative estimate of drug-likeness (QED) is 0.490. The molecule has 0 saturated carbocycles. The number of non-ortho nitro benzene ring substituents is 1. The van der Waals surface area contributed by atoms with Crippen molar-refractivity contribution in [3.8, 4) is 0 Å². The third-order valence-corrected chi connectivity index (χ3v) is 4.73. The van der Waals surface area contributed by atoms with Crippen molar-refractivity contribution >= 4 is 27.6 Å². The number of amides is 1. The molecule has 0 radical (unpaired) electrons. The summed E-state index contributed by atoms with van der Waals surface area (Å²) in [6.07, 6.45) is 0. The van der Waals surface area contributed by atoms with Gasteiger partial charge in [-0.2, -0.15) is 0 Å². The SMILES string of the molecule is NCc1ccc(S(=O)(=O)NC(=O)c2ccc([N+](=O)[O-])cc2C(=O)O)cc1. The molecule has 0 aromatic heterocycles. The highest BCUT2D eigenvalue weighted by Crippen LogP contribution is 2.19. The average Bonchev–Trinajstić information content (AvgIpc) is 2.60. The van der Waals surface area contributed by atoms with Gasteiger partial charge in [0, 0.05) is 18.7 Å². The number of nitrogens with one attached hydrogen (secondary N) is 1. The highest BCUT2D eigenvalue weighted by Gasteiger charge is 2.24. The summed E-state index contributed by atoms with van der Waals surface area (Å²) in [7, 11) is -4.27. The van der Waals surface area contributed by atoms with Crippen molar-refractivity contribution in [3.63, 3.8) is 0 Å². The molecule has 136 valence electrons. The van der Waals surface area contributed by atoms with Gasteiger partial charge in [0.2, 0.25) is 0 Å². The van der Waals surface area contributed by atoms with Crippen LogP contribution >= 0.6 is 0 Å². The molecule has 0 spiro atoms. The second-order valence-corrected chi connectivity index (χ2v) is 6.76. The number of aromatic carboxylic acids is 1. The molecule has 1 amide bonds. The van der Waals surface area contributed by atoms with Crippen molar-refractivity contribution in [2.75, 3.05) is 0 Å². The van der Waals surface area contributed by atoms with Crippen LogP contribution in [0.4, 0.5) is 5.69 Å². The highest BCUT2D eigenvalue weighted by atomic mass is 32.2. The Bertz CT molecular complexity index is 985. The van der Waals surface area contributed by atoms with Gasteiger partial charge in [0.05, 0.1) is 20.9 Å². The number of nitrogens with zero attached hydrogens (tertiary/aromatic N) is 1. The minimum absolute atomic E-state index is 0.206. The van der Waals surface area contributed by atoms with Crippen LogP contribution in [0.3, 0.4) is 0 Å². The van der Waals surface area contributed by atoms with Gasteiger partial charge in [-0.3, -0.25) is 14.9 Å². The fourth-order valence-corrected chi connectivity index (χ4v) is 3.03. The van der Waals surface area contributed by atoms with E-state index in [0.29, 0.717) is 11.6 Å². The normalized spacial score (nSPS) is 11.0. The van der Waals surface area contributed by atoms with Gasteiger partial charge < -0.3 is 10.8 Å². The van der Waals surface area contributed by atoms with Crippen molar-refractivity contribution in [2.45, 2.75) is 11.4 Å². The summed E-state index contributed by atoms with van der Waals surface area (Å²) in [6, 6.07) is 7.88. The molecular weight excluding hydrogens is 366 g/mol. The van der Waals surface area contributed by atoms with Crippen molar-refractivity contribution < 1.29 is 28.0 Å². The van der Waals surface area contributed by atoms with Gasteiger partial charge >= 0.3 is 5.97 Å². The van der Waals surface area contributed by atoms with Crippen molar-refractivity contribution in [1.29, 1.82) is 0 Å². The number of benzene rings is 2.